The molecule has 0 saturated heterocycles. The number of carbonyl (C=O) groups is 1. The molecule has 16 heavy (non-hydrogen) atoms. The van der Waals surface area contributed by atoms with Gasteiger partial charge in [-0.25, -0.2) is 0 Å². The van der Waals surface area contributed by atoms with Crippen LogP contribution in [0.5, 0.6) is 0 Å². The Morgan fingerprint density at radius 1 is 1.44 bits per heavy atom. The van der Waals surface area contributed by atoms with E-state index in [9.17, 15) is 4.79 Å². The summed E-state index contributed by atoms with van der Waals surface area (Å²) in [7, 11) is 1.91. The van der Waals surface area contributed by atoms with Crippen LogP contribution in [-0.4, -0.2) is 17.0 Å². The van der Waals surface area contributed by atoms with Gasteiger partial charge >= 0.3 is 0 Å². The van der Waals surface area contributed by atoms with Crippen molar-refractivity contribution in [3.8, 4) is 0 Å². The standard InChI is InChI=1S/C13H16N2O/c1-3-4-5-6-10-9-15(2)12-11(10)7-8-14-13(12)16/h3-6,9H,7-8H2,1-2H3,(H,14,16)/b4-3-,6-5-. The summed E-state index contributed by atoms with van der Waals surface area (Å²) < 4.78 is 1.90. The molecule has 0 aromatic carbocycles. The molecule has 1 N–H and O–H groups in total. The first-order chi connectivity index (χ1) is 7.74. The van der Waals surface area contributed by atoms with Gasteiger partial charge in [-0.3, -0.25) is 4.79 Å². The van der Waals surface area contributed by atoms with Gasteiger partial charge in [-0.1, -0.05) is 24.3 Å². The SMILES string of the molecule is C/C=C\C=C/c1cn(C)c2c1CCNC2=O. The number of amides is 1. The third-order valence-electron chi connectivity index (χ3n) is 2.77. The molecule has 3 nitrogen and oxygen atoms in total. The Morgan fingerprint density at radius 3 is 3.00 bits per heavy atom. The topological polar surface area (TPSA) is 34.0 Å². The van der Waals surface area contributed by atoms with Crippen LogP contribution in [0.2, 0.25) is 0 Å². The lowest BCUT2D eigenvalue weighted by Gasteiger charge is -2.14. The second-order valence-electron chi connectivity index (χ2n) is 3.91. The zero-order chi connectivity index (χ0) is 11.5. The van der Waals surface area contributed by atoms with Gasteiger partial charge in [-0.2, -0.15) is 0 Å². The number of fused-ring (bicyclic) bond motifs is 1. The maximum absolute atomic E-state index is 11.7. The number of hydrogen-bond donors (Lipinski definition) is 1. The second kappa shape index (κ2) is 4.39. The van der Waals surface area contributed by atoms with Gasteiger partial charge in [0.1, 0.15) is 5.69 Å². The summed E-state index contributed by atoms with van der Waals surface area (Å²) in [5, 5.41) is 2.86. The Balaban J connectivity index is 2.41. The first-order valence-corrected chi connectivity index (χ1v) is 5.49. The molecule has 0 atom stereocenters. The lowest BCUT2D eigenvalue weighted by molar-refractivity contribution is 0.0937. The van der Waals surface area contributed by atoms with Crippen LogP contribution in [0, 0.1) is 0 Å². The van der Waals surface area contributed by atoms with Gasteiger partial charge in [0.05, 0.1) is 0 Å². The number of hydrogen-bond acceptors (Lipinski definition) is 1. The van der Waals surface area contributed by atoms with Gasteiger partial charge in [-0.05, 0) is 24.5 Å². The lowest BCUT2D eigenvalue weighted by atomic mass is 10.0. The predicted molar refractivity (Wildman–Crippen MR) is 65.3 cm³/mol. The maximum Gasteiger partial charge on any atom is 0.268 e. The van der Waals surface area contributed by atoms with Crippen LogP contribution in [0.25, 0.3) is 6.08 Å². The zero-order valence-corrected chi connectivity index (χ0v) is 9.66. The summed E-state index contributed by atoms with van der Waals surface area (Å²) in [5.41, 5.74) is 3.10. The monoisotopic (exact) mass is 216 g/mol. The normalized spacial score (nSPS) is 15.8. The molecule has 1 aromatic rings. The van der Waals surface area contributed by atoms with Gasteiger partial charge in [0.25, 0.3) is 5.91 Å². The van der Waals surface area contributed by atoms with E-state index in [4.69, 9.17) is 0 Å². The van der Waals surface area contributed by atoms with E-state index in [1.807, 2.05) is 43.0 Å². The van der Waals surface area contributed by atoms with E-state index in [1.54, 1.807) is 0 Å². The quantitative estimate of drug-likeness (QED) is 0.753. The van der Waals surface area contributed by atoms with Crippen molar-refractivity contribution in [1.29, 1.82) is 0 Å². The van der Waals surface area contributed by atoms with Crippen molar-refractivity contribution in [2.45, 2.75) is 13.3 Å². The molecule has 0 saturated carbocycles. The smallest absolute Gasteiger partial charge is 0.268 e. The molecule has 0 fully saturated rings. The van der Waals surface area contributed by atoms with E-state index in [0.29, 0.717) is 0 Å². The molecule has 0 aliphatic carbocycles. The minimum absolute atomic E-state index is 0.0365. The van der Waals surface area contributed by atoms with E-state index >= 15 is 0 Å². The van der Waals surface area contributed by atoms with Gasteiger partial charge < -0.3 is 9.88 Å². The van der Waals surface area contributed by atoms with Crippen LogP contribution >= 0.6 is 0 Å². The average Bonchev–Trinajstić information content (AvgIpc) is 2.58. The van der Waals surface area contributed by atoms with Crippen LogP contribution in [0.15, 0.2) is 24.4 Å². The van der Waals surface area contributed by atoms with Crippen molar-refractivity contribution in [1.82, 2.24) is 9.88 Å². The van der Waals surface area contributed by atoms with E-state index in [-0.39, 0.29) is 5.91 Å². The van der Waals surface area contributed by atoms with E-state index in [0.717, 1.165) is 29.8 Å². The highest BCUT2D eigenvalue weighted by atomic mass is 16.2. The summed E-state index contributed by atoms with van der Waals surface area (Å²) in [6, 6.07) is 0. The highest BCUT2D eigenvalue weighted by Gasteiger charge is 2.22. The fourth-order valence-electron chi connectivity index (χ4n) is 2.06. The Kier molecular flexibility index (Phi) is 2.95. The maximum atomic E-state index is 11.7. The van der Waals surface area contributed by atoms with Crippen LogP contribution in [0.3, 0.4) is 0 Å². The van der Waals surface area contributed by atoms with Gasteiger partial charge in [0.2, 0.25) is 0 Å². The first kappa shape index (κ1) is 10.7. The van der Waals surface area contributed by atoms with Crippen molar-refractivity contribution in [2.75, 3.05) is 6.54 Å². The highest BCUT2D eigenvalue weighted by molar-refractivity contribution is 5.96. The van der Waals surface area contributed by atoms with Gasteiger partial charge in [0, 0.05) is 19.8 Å². The van der Waals surface area contributed by atoms with Gasteiger partial charge in [-0.15, -0.1) is 0 Å². The van der Waals surface area contributed by atoms with Crippen molar-refractivity contribution in [3.05, 3.63) is 41.2 Å². The lowest BCUT2D eigenvalue weighted by Crippen LogP contribution is -2.33. The molecule has 3 heteroatoms. The minimum Gasteiger partial charge on any atom is -0.350 e. The van der Waals surface area contributed by atoms with Gasteiger partial charge in [0.15, 0.2) is 0 Å². The molecule has 84 valence electrons. The molecule has 2 heterocycles. The molecule has 1 aliphatic heterocycles. The number of aryl methyl sites for hydroxylation is 1. The highest BCUT2D eigenvalue weighted by Crippen LogP contribution is 2.21. The third kappa shape index (κ3) is 1.81. The Labute approximate surface area is 95.5 Å². The Hall–Kier alpha value is -1.77. The summed E-state index contributed by atoms with van der Waals surface area (Å²) in [6.45, 7) is 2.72. The predicted octanol–water partition coefficient (Wildman–Crippen LogP) is 1.90. The van der Waals surface area contributed by atoms with Crippen molar-refractivity contribution < 1.29 is 4.79 Å². The summed E-state index contributed by atoms with van der Waals surface area (Å²) >= 11 is 0. The van der Waals surface area contributed by atoms with E-state index < -0.39 is 0 Å². The van der Waals surface area contributed by atoms with Crippen molar-refractivity contribution >= 4 is 12.0 Å². The fourth-order valence-corrected chi connectivity index (χ4v) is 2.06. The number of rotatable bonds is 2. The molecular weight excluding hydrogens is 200 g/mol. The molecule has 0 radical (unpaired) electrons. The number of aromatic nitrogens is 1. The first-order valence-electron chi connectivity index (χ1n) is 5.49. The molecule has 2 rings (SSSR count). The molecule has 1 aliphatic rings. The summed E-state index contributed by atoms with van der Waals surface area (Å²) in [6.07, 6.45) is 11.0. The molecule has 1 aromatic heterocycles. The van der Waals surface area contributed by atoms with Crippen LogP contribution in [0.1, 0.15) is 28.5 Å². The molecule has 1 amide bonds. The number of carbonyl (C=O) groups excluding carboxylic acids is 1. The molecular formula is C13H16N2O. The van der Waals surface area contributed by atoms with Crippen molar-refractivity contribution in [2.24, 2.45) is 7.05 Å². The zero-order valence-electron chi connectivity index (χ0n) is 9.66. The number of nitrogens with one attached hydrogen (secondary N) is 1. The van der Waals surface area contributed by atoms with Crippen LogP contribution in [0.4, 0.5) is 0 Å². The van der Waals surface area contributed by atoms with E-state index in [2.05, 4.69) is 11.4 Å². The molecule has 0 spiro atoms. The summed E-state index contributed by atoms with van der Waals surface area (Å²) in [5.74, 6) is 0.0365. The van der Waals surface area contributed by atoms with Crippen LogP contribution in [-0.2, 0) is 13.5 Å². The fraction of sp³-hybridized carbons (Fsp3) is 0.308. The van der Waals surface area contributed by atoms with Crippen molar-refractivity contribution in [3.63, 3.8) is 0 Å². The summed E-state index contributed by atoms with van der Waals surface area (Å²) in [4.78, 5) is 11.7. The van der Waals surface area contributed by atoms with E-state index in [1.165, 1.54) is 0 Å². The minimum atomic E-state index is 0.0365. The van der Waals surface area contributed by atoms with Crippen LogP contribution < -0.4 is 5.32 Å². The largest absolute Gasteiger partial charge is 0.350 e. The molecule has 0 bridgehead atoms. The Bertz CT molecular complexity index is 467. The number of nitrogens with zero attached hydrogens (tertiary/aromatic N) is 1. The Morgan fingerprint density at radius 2 is 2.25 bits per heavy atom. The average molecular weight is 216 g/mol. The third-order valence-corrected chi connectivity index (χ3v) is 2.77. The second-order valence-corrected chi connectivity index (χ2v) is 3.91. The molecule has 0 unspecified atom stereocenters. The number of allylic oxidation sites excluding steroid dienone is 3.